The SMILES string of the molecule is CCCCCCC(C/C=C\CCCCCCCCO)O[Si](C)(C)C(C)(C)C. The van der Waals surface area contributed by atoms with Crippen LogP contribution in [0.5, 0.6) is 0 Å². The molecule has 27 heavy (non-hydrogen) atoms. The lowest BCUT2D eigenvalue weighted by molar-refractivity contribution is 0.170. The second kappa shape index (κ2) is 15.8. The normalized spacial score (nSPS) is 14.2. The van der Waals surface area contributed by atoms with Crippen LogP contribution >= 0.6 is 0 Å². The highest BCUT2D eigenvalue weighted by Crippen LogP contribution is 2.38. The summed E-state index contributed by atoms with van der Waals surface area (Å²) in [5.41, 5.74) is 0. The summed E-state index contributed by atoms with van der Waals surface area (Å²) >= 11 is 0. The summed E-state index contributed by atoms with van der Waals surface area (Å²) in [7, 11) is -1.69. The van der Waals surface area contributed by atoms with E-state index >= 15 is 0 Å². The lowest BCUT2D eigenvalue weighted by atomic mass is 10.1. The van der Waals surface area contributed by atoms with Gasteiger partial charge in [0.15, 0.2) is 8.32 Å². The molecule has 0 aliphatic carbocycles. The third-order valence-corrected chi connectivity index (χ3v) is 10.5. The molecular formula is C24H50O2Si. The minimum absolute atomic E-state index is 0.286. The first-order chi connectivity index (χ1) is 12.7. The van der Waals surface area contributed by atoms with Gasteiger partial charge in [-0.3, -0.25) is 0 Å². The van der Waals surface area contributed by atoms with Gasteiger partial charge < -0.3 is 9.53 Å². The van der Waals surface area contributed by atoms with E-state index in [9.17, 15) is 0 Å². The summed E-state index contributed by atoms with van der Waals surface area (Å²) in [6.45, 7) is 14.4. The number of aliphatic hydroxyl groups is 1. The molecule has 1 unspecified atom stereocenters. The van der Waals surface area contributed by atoms with Crippen LogP contribution < -0.4 is 0 Å². The van der Waals surface area contributed by atoms with Gasteiger partial charge in [0.1, 0.15) is 0 Å². The molecular weight excluding hydrogens is 348 g/mol. The lowest BCUT2D eigenvalue weighted by Crippen LogP contribution is -2.43. The number of allylic oxidation sites excluding steroid dienone is 1. The molecule has 0 rings (SSSR count). The fraction of sp³-hybridized carbons (Fsp3) is 0.917. The molecule has 162 valence electrons. The van der Waals surface area contributed by atoms with E-state index in [4.69, 9.17) is 9.53 Å². The van der Waals surface area contributed by atoms with Crippen LogP contribution in [0, 0.1) is 0 Å². The first-order valence-electron chi connectivity index (χ1n) is 11.7. The molecule has 1 N–H and O–H groups in total. The van der Waals surface area contributed by atoms with Gasteiger partial charge in [-0.2, -0.15) is 0 Å². The van der Waals surface area contributed by atoms with E-state index in [0.717, 1.165) is 12.8 Å². The maximum Gasteiger partial charge on any atom is 0.192 e. The molecule has 0 fully saturated rings. The topological polar surface area (TPSA) is 29.5 Å². The maximum atomic E-state index is 8.79. The van der Waals surface area contributed by atoms with Crippen LogP contribution in [0.3, 0.4) is 0 Å². The minimum Gasteiger partial charge on any atom is -0.414 e. The summed E-state index contributed by atoms with van der Waals surface area (Å²) in [5, 5.41) is 9.08. The molecule has 3 heteroatoms. The van der Waals surface area contributed by atoms with Crippen molar-refractivity contribution in [2.45, 2.75) is 135 Å². The van der Waals surface area contributed by atoms with Crippen molar-refractivity contribution in [3.05, 3.63) is 12.2 Å². The molecule has 2 nitrogen and oxygen atoms in total. The van der Waals surface area contributed by atoms with Gasteiger partial charge in [0.05, 0.1) is 0 Å². The Morgan fingerprint density at radius 2 is 1.44 bits per heavy atom. The van der Waals surface area contributed by atoms with Crippen LogP contribution in [0.4, 0.5) is 0 Å². The third kappa shape index (κ3) is 14.5. The van der Waals surface area contributed by atoms with E-state index in [1.54, 1.807) is 0 Å². The van der Waals surface area contributed by atoms with Gasteiger partial charge in [-0.1, -0.05) is 91.2 Å². The van der Waals surface area contributed by atoms with Crippen LogP contribution in [0.15, 0.2) is 12.2 Å². The van der Waals surface area contributed by atoms with E-state index < -0.39 is 8.32 Å². The van der Waals surface area contributed by atoms with Crippen LogP contribution in [-0.2, 0) is 4.43 Å². The highest BCUT2D eigenvalue weighted by atomic mass is 28.4. The van der Waals surface area contributed by atoms with Crippen molar-refractivity contribution in [2.75, 3.05) is 6.61 Å². The van der Waals surface area contributed by atoms with Crippen molar-refractivity contribution in [1.29, 1.82) is 0 Å². The zero-order valence-corrected chi connectivity index (χ0v) is 20.5. The van der Waals surface area contributed by atoms with E-state index in [-0.39, 0.29) is 5.04 Å². The van der Waals surface area contributed by atoms with Crippen molar-refractivity contribution in [1.82, 2.24) is 0 Å². The quantitative estimate of drug-likeness (QED) is 0.153. The third-order valence-electron chi connectivity index (χ3n) is 5.99. The molecule has 0 spiro atoms. The zero-order valence-electron chi connectivity index (χ0n) is 19.5. The second-order valence-electron chi connectivity index (χ2n) is 9.69. The monoisotopic (exact) mass is 398 g/mol. The van der Waals surface area contributed by atoms with E-state index in [1.165, 1.54) is 70.6 Å². The minimum atomic E-state index is -1.69. The van der Waals surface area contributed by atoms with Crippen LogP contribution in [-0.4, -0.2) is 26.1 Å². The molecule has 0 heterocycles. The molecule has 0 aliphatic rings. The van der Waals surface area contributed by atoms with Crippen molar-refractivity contribution in [3.63, 3.8) is 0 Å². The van der Waals surface area contributed by atoms with Crippen molar-refractivity contribution >= 4 is 8.32 Å². The zero-order chi connectivity index (χ0) is 20.6. The first-order valence-corrected chi connectivity index (χ1v) is 14.6. The van der Waals surface area contributed by atoms with Gasteiger partial charge in [-0.05, 0) is 50.2 Å². The summed E-state index contributed by atoms with van der Waals surface area (Å²) in [6.07, 6.45) is 21.3. The second-order valence-corrected chi connectivity index (χ2v) is 14.4. The number of aliphatic hydroxyl groups excluding tert-OH is 1. The predicted molar refractivity (Wildman–Crippen MR) is 124 cm³/mol. The largest absolute Gasteiger partial charge is 0.414 e. The Morgan fingerprint density at radius 3 is 2.04 bits per heavy atom. The van der Waals surface area contributed by atoms with Gasteiger partial charge in [0.2, 0.25) is 0 Å². The number of unbranched alkanes of at least 4 members (excludes halogenated alkanes) is 9. The highest BCUT2D eigenvalue weighted by molar-refractivity contribution is 6.74. The summed E-state index contributed by atoms with van der Waals surface area (Å²) in [4.78, 5) is 0. The van der Waals surface area contributed by atoms with Gasteiger partial charge in [-0.15, -0.1) is 0 Å². The molecule has 0 bridgehead atoms. The van der Waals surface area contributed by atoms with Crippen LogP contribution in [0.1, 0.15) is 111 Å². The Morgan fingerprint density at radius 1 is 0.852 bits per heavy atom. The van der Waals surface area contributed by atoms with E-state index in [2.05, 4.69) is 52.9 Å². The van der Waals surface area contributed by atoms with Gasteiger partial charge in [0, 0.05) is 12.7 Å². The molecule has 1 atom stereocenters. The highest BCUT2D eigenvalue weighted by Gasteiger charge is 2.38. The van der Waals surface area contributed by atoms with Gasteiger partial charge >= 0.3 is 0 Å². The van der Waals surface area contributed by atoms with E-state index in [0.29, 0.717) is 12.7 Å². The standard InChI is InChI=1S/C24H50O2Si/c1-7-8-9-17-20-23(26-27(5,6)24(2,3)4)21-18-15-13-11-10-12-14-16-19-22-25/h15,18,23,25H,7-14,16-17,19-22H2,1-6H3/b18-15-. The van der Waals surface area contributed by atoms with Crippen molar-refractivity contribution < 1.29 is 9.53 Å². The van der Waals surface area contributed by atoms with Crippen molar-refractivity contribution in [2.24, 2.45) is 0 Å². The fourth-order valence-electron chi connectivity index (χ4n) is 3.06. The average Bonchev–Trinajstić information content (AvgIpc) is 2.58. The number of hydrogen-bond acceptors (Lipinski definition) is 2. The molecule has 0 amide bonds. The molecule has 0 saturated heterocycles. The summed E-state index contributed by atoms with van der Waals surface area (Å²) in [6, 6.07) is 0. The smallest absolute Gasteiger partial charge is 0.192 e. The van der Waals surface area contributed by atoms with Crippen LogP contribution in [0.25, 0.3) is 0 Å². The Kier molecular flexibility index (Phi) is 15.7. The Balaban J connectivity index is 4.22. The van der Waals surface area contributed by atoms with E-state index in [1.807, 2.05) is 0 Å². The van der Waals surface area contributed by atoms with Gasteiger partial charge in [-0.25, -0.2) is 0 Å². The van der Waals surface area contributed by atoms with Crippen LogP contribution in [0.2, 0.25) is 18.1 Å². The Labute approximate surface area is 172 Å². The molecule has 0 radical (unpaired) electrons. The number of hydrogen-bond donors (Lipinski definition) is 1. The Hall–Kier alpha value is -0.123. The average molecular weight is 399 g/mol. The predicted octanol–water partition coefficient (Wildman–Crippen LogP) is 8.02. The number of rotatable bonds is 17. The molecule has 0 aromatic rings. The summed E-state index contributed by atoms with van der Waals surface area (Å²) in [5.74, 6) is 0. The van der Waals surface area contributed by atoms with Gasteiger partial charge in [0.25, 0.3) is 0 Å². The first kappa shape index (κ1) is 26.9. The molecule has 0 saturated carbocycles. The fourth-order valence-corrected chi connectivity index (χ4v) is 4.47. The molecule has 0 aliphatic heterocycles. The molecule has 0 aromatic carbocycles. The molecule has 0 aromatic heterocycles. The summed E-state index contributed by atoms with van der Waals surface area (Å²) < 4.78 is 6.73. The maximum absolute atomic E-state index is 8.79. The lowest BCUT2D eigenvalue weighted by Gasteiger charge is -2.39. The Bertz CT molecular complexity index is 358. The van der Waals surface area contributed by atoms with Crippen molar-refractivity contribution in [3.8, 4) is 0 Å².